The molecular weight excluding hydrogens is 344 g/mol. The van der Waals surface area contributed by atoms with Gasteiger partial charge in [0.15, 0.2) is 0 Å². The van der Waals surface area contributed by atoms with Crippen LogP contribution < -0.4 is 11.1 Å². The maximum atomic E-state index is 12.4. The SMILES string of the molecule is C[C@H](CNC(=O)c1ccc(-c2cncc(C(N)=O)c2)cc1)N1CCOCC1. The first-order valence-electron chi connectivity index (χ1n) is 9.00. The van der Waals surface area contributed by atoms with Crippen LogP contribution in [-0.4, -0.2) is 60.6 Å². The van der Waals surface area contributed by atoms with E-state index in [-0.39, 0.29) is 11.9 Å². The highest BCUT2D eigenvalue weighted by Crippen LogP contribution is 2.20. The van der Waals surface area contributed by atoms with Crippen LogP contribution in [-0.2, 0) is 4.74 Å². The number of amides is 2. The molecule has 142 valence electrons. The fraction of sp³-hybridized carbons (Fsp3) is 0.350. The van der Waals surface area contributed by atoms with Crippen LogP contribution in [0.25, 0.3) is 11.1 Å². The molecule has 0 bridgehead atoms. The molecule has 0 spiro atoms. The number of hydrogen-bond acceptors (Lipinski definition) is 5. The summed E-state index contributed by atoms with van der Waals surface area (Å²) in [7, 11) is 0. The van der Waals surface area contributed by atoms with Crippen molar-refractivity contribution in [3.05, 3.63) is 53.9 Å². The van der Waals surface area contributed by atoms with Gasteiger partial charge in [-0.05, 0) is 30.7 Å². The number of carbonyl (C=O) groups is 2. The number of nitrogens with zero attached hydrogens (tertiary/aromatic N) is 2. The van der Waals surface area contributed by atoms with Crippen molar-refractivity contribution in [1.29, 1.82) is 0 Å². The van der Waals surface area contributed by atoms with Gasteiger partial charge in [-0.25, -0.2) is 0 Å². The normalized spacial score (nSPS) is 15.9. The molecule has 1 aromatic carbocycles. The Balaban J connectivity index is 1.60. The molecule has 27 heavy (non-hydrogen) atoms. The molecule has 1 aromatic heterocycles. The predicted octanol–water partition coefficient (Wildman–Crippen LogP) is 1.30. The Morgan fingerprint density at radius 1 is 1.15 bits per heavy atom. The molecule has 1 atom stereocenters. The van der Waals surface area contributed by atoms with Gasteiger partial charge in [-0.15, -0.1) is 0 Å². The maximum absolute atomic E-state index is 12.4. The number of morpholine rings is 1. The smallest absolute Gasteiger partial charge is 0.251 e. The molecule has 7 heteroatoms. The van der Waals surface area contributed by atoms with Gasteiger partial charge in [0, 0.05) is 49.2 Å². The van der Waals surface area contributed by atoms with Crippen LogP contribution in [0.1, 0.15) is 27.6 Å². The predicted molar refractivity (Wildman–Crippen MR) is 102 cm³/mol. The molecule has 2 amide bonds. The second-order valence-electron chi connectivity index (χ2n) is 6.61. The molecule has 1 aliphatic rings. The van der Waals surface area contributed by atoms with E-state index >= 15 is 0 Å². The minimum absolute atomic E-state index is 0.106. The Labute approximate surface area is 158 Å². The van der Waals surface area contributed by atoms with Crippen LogP contribution >= 0.6 is 0 Å². The van der Waals surface area contributed by atoms with E-state index in [2.05, 4.69) is 22.1 Å². The summed E-state index contributed by atoms with van der Waals surface area (Å²) >= 11 is 0. The van der Waals surface area contributed by atoms with Crippen LogP contribution in [0.5, 0.6) is 0 Å². The van der Waals surface area contributed by atoms with Gasteiger partial charge in [0.05, 0.1) is 18.8 Å². The number of primary amides is 1. The Morgan fingerprint density at radius 2 is 1.85 bits per heavy atom. The molecule has 3 N–H and O–H groups in total. The molecule has 7 nitrogen and oxygen atoms in total. The summed E-state index contributed by atoms with van der Waals surface area (Å²) in [4.78, 5) is 30.0. The number of benzene rings is 1. The summed E-state index contributed by atoms with van der Waals surface area (Å²) in [5.41, 5.74) is 7.88. The van der Waals surface area contributed by atoms with Crippen molar-refractivity contribution in [2.75, 3.05) is 32.8 Å². The second-order valence-corrected chi connectivity index (χ2v) is 6.61. The van der Waals surface area contributed by atoms with Gasteiger partial charge in [0.1, 0.15) is 0 Å². The van der Waals surface area contributed by atoms with Crippen LogP contribution in [0, 0.1) is 0 Å². The molecule has 1 fully saturated rings. The number of rotatable bonds is 6. The average Bonchev–Trinajstić information content (AvgIpc) is 2.72. The van der Waals surface area contributed by atoms with E-state index in [1.807, 2.05) is 12.1 Å². The molecule has 2 aromatic rings. The topological polar surface area (TPSA) is 97.6 Å². The van der Waals surface area contributed by atoms with Crippen LogP contribution in [0.2, 0.25) is 0 Å². The Bertz CT molecular complexity index is 801. The van der Waals surface area contributed by atoms with E-state index in [9.17, 15) is 9.59 Å². The van der Waals surface area contributed by atoms with Crippen molar-refractivity contribution in [3.63, 3.8) is 0 Å². The lowest BCUT2D eigenvalue weighted by molar-refractivity contribution is 0.0204. The van der Waals surface area contributed by atoms with Gasteiger partial charge < -0.3 is 15.8 Å². The standard InChI is InChI=1S/C20H24N4O3/c1-14(24-6-8-27-9-7-24)11-23-20(26)16-4-2-15(3-5-16)17-10-18(19(21)25)13-22-12-17/h2-5,10,12-14H,6-9,11H2,1H3,(H2,21,25)(H,23,26)/t14-/m1/s1. The average molecular weight is 368 g/mol. The number of ether oxygens (including phenoxy) is 1. The molecule has 2 heterocycles. The fourth-order valence-electron chi connectivity index (χ4n) is 3.04. The zero-order chi connectivity index (χ0) is 19.2. The van der Waals surface area contributed by atoms with E-state index in [1.165, 1.54) is 6.20 Å². The van der Waals surface area contributed by atoms with Gasteiger partial charge >= 0.3 is 0 Å². The van der Waals surface area contributed by atoms with Crippen molar-refractivity contribution in [3.8, 4) is 11.1 Å². The third kappa shape index (κ3) is 4.90. The molecule has 3 rings (SSSR count). The summed E-state index contributed by atoms with van der Waals surface area (Å²) in [6.07, 6.45) is 3.09. The molecular formula is C20H24N4O3. The Kier molecular flexibility index (Phi) is 6.16. The van der Waals surface area contributed by atoms with Gasteiger partial charge in [-0.2, -0.15) is 0 Å². The number of carbonyl (C=O) groups excluding carboxylic acids is 2. The molecule has 1 saturated heterocycles. The maximum Gasteiger partial charge on any atom is 0.251 e. The first-order valence-corrected chi connectivity index (χ1v) is 9.00. The molecule has 1 aliphatic heterocycles. The van der Waals surface area contributed by atoms with Crippen molar-refractivity contribution in [2.24, 2.45) is 5.73 Å². The number of hydrogen-bond donors (Lipinski definition) is 2. The summed E-state index contributed by atoms with van der Waals surface area (Å²) in [6.45, 7) is 5.96. The van der Waals surface area contributed by atoms with E-state index in [0.717, 1.165) is 37.4 Å². The summed E-state index contributed by atoms with van der Waals surface area (Å²) in [6, 6.07) is 9.15. The van der Waals surface area contributed by atoms with Gasteiger partial charge in [-0.1, -0.05) is 12.1 Å². The lowest BCUT2D eigenvalue weighted by atomic mass is 10.0. The highest BCUT2D eigenvalue weighted by molar-refractivity contribution is 5.95. The fourth-order valence-corrected chi connectivity index (χ4v) is 3.04. The first-order chi connectivity index (χ1) is 13.0. The highest BCUT2D eigenvalue weighted by atomic mass is 16.5. The number of nitrogens with two attached hydrogens (primary N) is 1. The van der Waals surface area contributed by atoms with Crippen LogP contribution in [0.3, 0.4) is 0 Å². The monoisotopic (exact) mass is 368 g/mol. The van der Waals surface area contributed by atoms with E-state index in [1.54, 1.807) is 24.4 Å². The van der Waals surface area contributed by atoms with Crippen molar-refractivity contribution >= 4 is 11.8 Å². The van der Waals surface area contributed by atoms with Crippen LogP contribution in [0.15, 0.2) is 42.7 Å². The summed E-state index contributed by atoms with van der Waals surface area (Å²) in [5, 5.41) is 2.98. The third-order valence-corrected chi connectivity index (χ3v) is 4.73. The van der Waals surface area contributed by atoms with Gasteiger partial charge in [-0.3, -0.25) is 19.5 Å². The number of aromatic nitrogens is 1. The largest absolute Gasteiger partial charge is 0.379 e. The lowest BCUT2D eigenvalue weighted by Gasteiger charge is -2.32. The summed E-state index contributed by atoms with van der Waals surface area (Å²) in [5.74, 6) is -0.625. The Hall–Kier alpha value is -2.77. The minimum atomic E-state index is -0.519. The van der Waals surface area contributed by atoms with Crippen molar-refractivity contribution in [2.45, 2.75) is 13.0 Å². The quantitative estimate of drug-likeness (QED) is 0.801. The molecule has 0 unspecified atom stereocenters. The molecule has 0 saturated carbocycles. The molecule has 0 aliphatic carbocycles. The van der Waals surface area contributed by atoms with Gasteiger partial charge in [0.2, 0.25) is 5.91 Å². The second kappa shape index (κ2) is 8.75. The van der Waals surface area contributed by atoms with Gasteiger partial charge in [0.25, 0.3) is 5.91 Å². The van der Waals surface area contributed by atoms with E-state index < -0.39 is 5.91 Å². The number of nitrogens with one attached hydrogen (secondary N) is 1. The Morgan fingerprint density at radius 3 is 2.52 bits per heavy atom. The van der Waals surface area contributed by atoms with E-state index in [4.69, 9.17) is 10.5 Å². The third-order valence-electron chi connectivity index (χ3n) is 4.73. The van der Waals surface area contributed by atoms with Crippen LogP contribution in [0.4, 0.5) is 0 Å². The number of pyridine rings is 1. The van der Waals surface area contributed by atoms with Crippen molar-refractivity contribution in [1.82, 2.24) is 15.2 Å². The zero-order valence-electron chi connectivity index (χ0n) is 15.4. The highest BCUT2D eigenvalue weighted by Gasteiger charge is 2.17. The summed E-state index contributed by atoms with van der Waals surface area (Å²) < 4.78 is 5.35. The lowest BCUT2D eigenvalue weighted by Crippen LogP contribution is -2.47. The zero-order valence-corrected chi connectivity index (χ0v) is 15.4. The first kappa shape index (κ1) is 19.0. The molecule has 0 radical (unpaired) electrons. The van der Waals surface area contributed by atoms with Crippen molar-refractivity contribution < 1.29 is 14.3 Å². The van der Waals surface area contributed by atoms with E-state index in [0.29, 0.717) is 17.7 Å². The minimum Gasteiger partial charge on any atom is -0.379 e.